The fourth-order valence-electron chi connectivity index (χ4n) is 2.51. The lowest BCUT2D eigenvalue weighted by atomic mass is 9.95. The molecule has 2 rings (SSSR count). The Morgan fingerprint density at radius 2 is 1.90 bits per heavy atom. The second-order valence-corrected chi connectivity index (χ2v) is 7.04. The molecule has 1 atom stereocenters. The van der Waals surface area contributed by atoms with Crippen molar-refractivity contribution in [2.24, 2.45) is 0 Å². The van der Waals surface area contributed by atoms with E-state index in [0.717, 1.165) is 17.3 Å². The molecule has 1 aromatic carbocycles. The van der Waals surface area contributed by atoms with Gasteiger partial charge in [0.2, 0.25) is 5.91 Å². The van der Waals surface area contributed by atoms with E-state index in [1.165, 1.54) is 19.3 Å². The lowest BCUT2D eigenvalue weighted by Crippen LogP contribution is -2.44. The Morgan fingerprint density at radius 3 is 2.57 bits per heavy atom. The summed E-state index contributed by atoms with van der Waals surface area (Å²) in [6.07, 6.45) is 5.81. The number of anilines is 1. The van der Waals surface area contributed by atoms with E-state index in [-0.39, 0.29) is 11.9 Å². The molecule has 0 spiro atoms. The molecule has 1 saturated carbocycles. The Balaban J connectivity index is 1.95. The number of halogens is 3. The number of rotatable bonds is 4. The van der Waals surface area contributed by atoms with E-state index in [4.69, 9.17) is 23.2 Å². The maximum Gasteiger partial charge on any atom is 0.242 e. The zero-order chi connectivity index (χ0) is 15.4. The van der Waals surface area contributed by atoms with Gasteiger partial charge in [-0.3, -0.25) is 4.79 Å². The van der Waals surface area contributed by atoms with Crippen molar-refractivity contribution in [3.05, 3.63) is 26.7 Å². The van der Waals surface area contributed by atoms with E-state index >= 15 is 0 Å². The second kappa shape index (κ2) is 7.70. The van der Waals surface area contributed by atoms with Crippen LogP contribution in [0.5, 0.6) is 0 Å². The van der Waals surface area contributed by atoms with Crippen LogP contribution >= 0.6 is 39.1 Å². The lowest BCUT2D eigenvalue weighted by molar-refractivity contribution is -0.122. The van der Waals surface area contributed by atoms with Crippen LogP contribution < -0.4 is 10.6 Å². The van der Waals surface area contributed by atoms with Crippen molar-refractivity contribution in [2.45, 2.75) is 51.1 Å². The van der Waals surface area contributed by atoms with Crippen molar-refractivity contribution in [1.82, 2.24) is 5.32 Å². The minimum Gasteiger partial charge on any atom is -0.373 e. The van der Waals surface area contributed by atoms with Crippen molar-refractivity contribution in [1.29, 1.82) is 0 Å². The number of benzene rings is 1. The summed E-state index contributed by atoms with van der Waals surface area (Å²) in [4.78, 5) is 12.2. The molecule has 0 heterocycles. The highest BCUT2D eigenvalue weighted by atomic mass is 79.9. The van der Waals surface area contributed by atoms with Gasteiger partial charge >= 0.3 is 0 Å². The average molecular weight is 394 g/mol. The molecule has 1 amide bonds. The van der Waals surface area contributed by atoms with Gasteiger partial charge in [0.25, 0.3) is 0 Å². The fraction of sp³-hybridized carbons (Fsp3) is 0.533. The van der Waals surface area contributed by atoms with Gasteiger partial charge in [-0.15, -0.1) is 0 Å². The number of carbonyl (C=O) groups is 1. The molecule has 3 nitrogen and oxygen atoms in total. The Bertz CT molecular complexity index is 519. The monoisotopic (exact) mass is 392 g/mol. The quantitative estimate of drug-likeness (QED) is 0.706. The average Bonchev–Trinajstić information content (AvgIpc) is 2.48. The standard InChI is InChI=1S/C15H19BrCl2N2O/c1-9(15(21)20-10-5-3-2-4-6-10)19-12-8-7-11(16)13(17)14(12)18/h7-10,19H,2-6H2,1H3,(H,20,21). The first-order valence-electron chi connectivity index (χ1n) is 7.19. The van der Waals surface area contributed by atoms with Gasteiger partial charge in [0.1, 0.15) is 6.04 Å². The molecule has 0 radical (unpaired) electrons. The van der Waals surface area contributed by atoms with Crippen LogP contribution in [0, 0.1) is 0 Å². The van der Waals surface area contributed by atoms with E-state index in [2.05, 4.69) is 26.6 Å². The number of carbonyl (C=O) groups excluding carboxylic acids is 1. The number of nitrogens with one attached hydrogen (secondary N) is 2. The third kappa shape index (κ3) is 4.51. The summed E-state index contributed by atoms with van der Waals surface area (Å²) in [6.45, 7) is 1.82. The van der Waals surface area contributed by atoms with Crippen LogP contribution in [0.25, 0.3) is 0 Å². The van der Waals surface area contributed by atoms with Crippen molar-refractivity contribution in [3.8, 4) is 0 Å². The van der Waals surface area contributed by atoms with E-state index in [1.54, 1.807) is 0 Å². The maximum absolute atomic E-state index is 12.2. The van der Waals surface area contributed by atoms with Gasteiger partial charge in [-0.05, 0) is 47.8 Å². The molecular weight excluding hydrogens is 375 g/mol. The third-order valence-electron chi connectivity index (χ3n) is 3.75. The fourth-order valence-corrected chi connectivity index (χ4v) is 3.34. The van der Waals surface area contributed by atoms with E-state index < -0.39 is 0 Å². The number of hydrogen-bond acceptors (Lipinski definition) is 2. The van der Waals surface area contributed by atoms with Crippen LogP contribution in [0.1, 0.15) is 39.0 Å². The minimum absolute atomic E-state index is 0.00277. The highest BCUT2D eigenvalue weighted by Gasteiger charge is 2.20. The van der Waals surface area contributed by atoms with Gasteiger partial charge in [-0.25, -0.2) is 0 Å². The predicted octanol–water partition coefficient (Wildman–Crippen LogP) is 5.01. The second-order valence-electron chi connectivity index (χ2n) is 5.43. The molecule has 2 N–H and O–H groups in total. The first-order valence-corrected chi connectivity index (χ1v) is 8.74. The zero-order valence-electron chi connectivity index (χ0n) is 11.9. The van der Waals surface area contributed by atoms with Gasteiger partial charge in [-0.2, -0.15) is 0 Å². The summed E-state index contributed by atoms with van der Waals surface area (Å²) in [7, 11) is 0. The predicted molar refractivity (Wildman–Crippen MR) is 92.3 cm³/mol. The Kier molecular flexibility index (Phi) is 6.20. The van der Waals surface area contributed by atoms with Crippen molar-refractivity contribution >= 4 is 50.7 Å². The molecule has 1 unspecified atom stereocenters. The number of amides is 1. The Labute approximate surface area is 143 Å². The Morgan fingerprint density at radius 1 is 1.24 bits per heavy atom. The molecule has 0 aromatic heterocycles. The topological polar surface area (TPSA) is 41.1 Å². The summed E-state index contributed by atoms with van der Waals surface area (Å²) in [5.74, 6) is -0.00277. The van der Waals surface area contributed by atoms with Gasteiger partial charge in [0, 0.05) is 10.5 Å². The SMILES string of the molecule is CC(Nc1ccc(Br)c(Cl)c1Cl)C(=O)NC1CCCCC1. The van der Waals surface area contributed by atoms with Crippen LogP contribution in [-0.2, 0) is 4.79 Å². The molecule has 0 saturated heterocycles. The smallest absolute Gasteiger partial charge is 0.242 e. The van der Waals surface area contributed by atoms with E-state index in [1.807, 2.05) is 19.1 Å². The lowest BCUT2D eigenvalue weighted by Gasteiger charge is -2.25. The van der Waals surface area contributed by atoms with Crippen LogP contribution in [0.2, 0.25) is 10.0 Å². The summed E-state index contributed by atoms with van der Waals surface area (Å²) in [5.41, 5.74) is 0.663. The van der Waals surface area contributed by atoms with Crippen molar-refractivity contribution in [2.75, 3.05) is 5.32 Å². The molecule has 1 aromatic rings. The molecule has 21 heavy (non-hydrogen) atoms. The van der Waals surface area contributed by atoms with Crippen LogP contribution in [0.15, 0.2) is 16.6 Å². The summed E-state index contributed by atoms with van der Waals surface area (Å²) < 4.78 is 0.735. The molecular formula is C15H19BrCl2N2O. The van der Waals surface area contributed by atoms with Crippen LogP contribution in [0.4, 0.5) is 5.69 Å². The van der Waals surface area contributed by atoms with E-state index in [9.17, 15) is 4.79 Å². The van der Waals surface area contributed by atoms with Gasteiger partial charge in [0.05, 0.1) is 15.7 Å². The van der Waals surface area contributed by atoms with Crippen molar-refractivity contribution in [3.63, 3.8) is 0 Å². The third-order valence-corrected chi connectivity index (χ3v) is 5.52. The summed E-state index contributed by atoms with van der Waals surface area (Å²) in [5, 5.41) is 7.08. The summed E-state index contributed by atoms with van der Waals surface area (Å²) in [6, 6.07) is 3.56. The summed E-state index contributed by atoms with van der Waals surface area (Å²) >= 11 is 15.6. The van der Waals surface area contributed by atoms with Crippen molar-refractivity contribution < 1.29 is 4.79 Å². The van der Waals surface area contributed by atoms with Crippen LogP contribution in [-0.4, -0.2) is 18.0 Å². The molecule has 0 aliphatic heterocycles. The van der Waals surface area contributed by atoms with E-state index in [0.29, 0.717) is 21.8 Å². The minimum atomic E-state index is -0.360. The van der Waals surface area contributed by atoms with Gasteiger partial charge < -0.3 is 10.6 Å². The highest BCUT2D eigenvalue weighted by molar-refractivity contribution is 9.10. The molecule has 1 fully saturated rings. The molecule has 0 bridgehead atoms. The first-order chi connectivity index (χ1) is 9.99. The zero-order valence-corrected chi connectivity index (χ0v) is 15.0. The van der Waals surface area contributed by atoms with Gasteiger partial charge in [0.15, 0.2) is 0 Å². The van der Waals surface area contributed by atoms with Crippen LogP contribution in [0.3, 0.4) is 0 Å². The molecule has 1 aliphatic carbocycles. The molecule has 6 heteroatoms. The largest absolute Gasteiger partial charge is 0.373 e. The maximum atomic E-state index is 12.2. The first kappa shape index (κ1) is 16.9. The highest BCUT2D eigenvalue weighted by Crippen LogP contribution is 2.36. The number of hydrogen-bond donors (Lipinski definition) is 2. The molecule has 116 valence electrons. The van der Waals surface area contributed by atoms with Gasteiger partial charge in [-0.1, -0.05) is 42.5 Å². The molecule has 1 aliphatic rings. The normalized spacial score (nSPS) is 17.3. The Hall–Kier alpha value is -0.450.